The van der Waals surface area contributed by atoms with Crippen LogP contribution in [0.1, 0.15) is 30.9 Å². The van der Waals surface area contributed by atoms with Gasteiger partial charge >= 0.3 is 5.97 Å². The number of rotatable bonds is 5. The lowest BCUT2D eigenvalue weighted by Gasteiger charge is -2.31. The van der Waals surface area contributed by atoms with E-state index >= 15 is 0 Å². The lowest BCUT2D eigenvalue weighted by Crippen LogP contribution is -2.36. The molecule has 0 radical (unpaired) electrons. The number of nitrogens with zero attached hydrogens (tertiary/aromatic N) is 1. The highest BCUT2D eigenvalue weighted by Gasteiger charge is 2.26. The average Bonchev–Trinajstić information content (AvgIpc) is 2.50. The van der Waals surface area contributed by atoms with Gasteiger partial charge in [0.15, 0.2) is 0 Å². The van der Waals surface area contributed by atoms with Gasteiger partial charge in [-0.15, -0.1) is 0 Å². The van der Waals surface area contributed by atoms with Crippen LogP contribution in [0.2, 0.25) is 0 Å². The fourth-order valence-corrected chi connectivity index (χ4v) is 2.74. The topological polar surface area (TPSA) is 55.6 Å². The number of hydrogen-bond donors (Lipinski definition) is 1. The highest BCUT2D eigenvalue weighted by molar-refractivity contribution is 5.72. The Morgan fingerprint density at radius 2 is 2.05 bits per heavy atom. The first kappa shape index (κ1) is 15.9. The second-order valence-electron chi connectivity index (χ2n) is 5.40. The quantitative estimate of drug-likeness (QED) is 0.845. The maximum Gasteiger partial charge on any atom is 0.309 e. The van der Waals surface area contributed by atoms with Crippen LogP contribution in [-0.4, -0.2) is 30.6 Å². The molecule has 116 valence electrons. The Balaban J connectivity index is 1.90. The van der Waals surface area contributed by atoms with Crippen molar-refractivity contribution in [3.8, 4) is 0 Å². The maximum absolute atomic E-state index is 14.2. The molecule has 1 fully saturated rings. The van der Waals surface area contributed by atoms with E-state index in [0.29, 0.717) is 24.3 Å². The van der Waals surface area contributed by atoms with Crippen molar-refractivity contribution in [2.45, 2.75) is 32.9 Å². The molecule has 0 aromatic heterocycles. The predicted molar refractivity (Wildman–Crippen MR) is 78.9 cm³/mol. The predicted octanol–water partition coefficient (Wildman–Crippen LogP) is 2.06. The molecule has 1 heterocycles. The van der Waals surface area contributed by atoms with Crippen molar-refractivity contribution in [3.63, 3.8) is 0 Å². The van der Waals surface area contributed by atoms with Crippen LogP contribution in [-0.2, 0) is 22.6 Å². The van der Waals surface area contributed by atoms with E-state index in [1.54, 1.807) is 12.1 Å². The van der Waals surface area contributed by atoms with Crippen molar-refractivity contribution in [1.29, 1.82) is 0 Å². The lowest BCUT2D eigenvalue weighted by molar-refractivity contribution is -0.149. The second-order valence-corrected chi connectivity index (χ2v) is 5.40. The van der Waals surface area contributed by atoms with Crippen molar-refractivity contribution >= 4 is 5.97 Å². The minimum absolute atomic E-state index is 0.0126. The zero-order chi connectivity index (χ0) is 15.2. The number of nitrogens with two attached hydrogens (primary N) is 1. The number of ether oxygens (including phenoxy) is 1. The fourth-order valence-electron chi connectivity index (χ4n) is 2.74. The summed E-state index contributed by atoms with van der Waals surface area (Å²) in [6.07, 6.45) is 1.55. The van der Waals surface area contributed by atoms with Gasteiger partial charge in [0.25, 0.3) is 0 Å². The normalized spacial score (nSPS) is 16.9. The van der Waals surface area contributed by atoms with Crippen LogP contribution in [0, 0.1) is 11.7 Å². The number of hydrogen-bond acceptors (Lipinski definition) is 4. The third-order valence-corrected chi connectivity index (χ3v) is 3.98. The average molecular weight is 294 g/mol. The van der Waals surface area contributed by atoms with Gasteiger partial charge in [-0.3, -0.25) is 9.69 Å². The third kappa shape index (κ3) is 4.02. The molecular weight excluding hydrogens is 271 g/mol. The van der Waals surface area contributed by atoms with Crippen LogP contribution < -0.4 is 5.73 Å². The standard InChI is InChI=1S/C16H23FN2O2/c1-2-21-16(20)12-6-8-19(9-7-12)11-14-5-3-4-13(10-18)15(14)17/h3-5,12H,2,6-11,18H2,1H3. The van der Waals surface area contributed by atoms with E-state index in [1.165, 1.54) is 0 Å². The summed E-state index contributed by atoms with van der Waals surface area (Å²) in [5, 5.41) is 0. The maximum atomic E-state index is 14.2. The van der Waals surface area contributed by atoms with E-state index in [4.69, 9.17) is 10.5 Å². The third-order valence-electron chi connectivity index (χ3n) is 3.98. The minimum Gasteiger partial charge on any atom is -0.466 e. The first-order valence-electron chi connectivity index (χ1n) is 7.51. The van der Waals surface area contributed by atoms with Crippen LogP contribution in [0.3, 0.4) is 0 Å². The van der Waals surface area contributed by atoms with E-state index in [9.17, 15) is 9.18 Å². The van der Waals surface area contributed by atoms with Crippen LogP contribution in [0.15, 0.2) is 18.2 Å². The van der Waals surface area contributed by atoms with E-state index in [1.807, 2.05) is 13.0 Å². The molecule has 0 unspecified atom stereocenters. The number of benzene rings is 1. The van der Waals surface area contributed by atoms with Gasteiger partial charge in [0.2, 0.25) is 0 Å². The van der Waals surface area contributed by atoms with Crippen LogP contribution in [0.25, 0.3) is 0 Å². The van der Waals surface area contributed by atoms with Crippen LogP contribution in [0.4, 0.5) is 4.39 Å². The zero-order valence-corrected chi connectivity index (χ0v) is 12.5. The molecule has 0 amide bonds. The fraction of sp³-hybridized carbons (Fsp3) is 0.562. The summed E-state index contributed by atoms with van der Waals surface area (Å²) in [5.74, 6) is -0.317. The molecule has 0 bridgehead atoms. The summed E-state index contributed by atoms with van der Waals surface area (Å²) in [6, 6.07) is 5.35. The Bertz CT molecular complexity index is 485. The van der Waals surface area contributed by atoms with E-state index < -0.39 is 0 Å². The highest BCUT2D eigenvalue weighted by Crippen LogP contribution is 2.22. The van der Waals surface area contributed by atoms with Gasteiger partial charge in [0.1, 0.15) is 5.82 Å². The van der Waals surface area contributed by atoms with Gasteiger partial charge in [-0.1, -0.05) is 18.2 Å². The molecular formula is C16H23FN2O2. The minimum atomic E-state index is -0.201. The first-order valence-corrected chi connectivity index (χ1v) is 7.51. The molecule has 21 heavy (non-hydrogen) atoms. The molecule has 0 spiro atoms. The summed E-state index contributed by atoms with van der Waals surface area (Å²) in [7, 11) is 0. The Hall–Kier alpha value is -1.46. The molecule has 1 aromatic rings. The van der Waals surface area contributed by atoms with Gasteiger partial charge in [0, 0.05) is 24.2 Å². The number of likely N-dealkylation sites (tertiary alicyclic amines) is 1. The van der Waals surface area contributed by atoms with Gasteiger partial charge in [0.05, 0.1) is 12.5 Å². The monoisotopic (exact) mass is 294 g/mol. The van der Waals surface area contributed by atoms with Gasteiger partial charge in [-0.25, -0.2) is 4.39 Å². The van der Waals surface area contributed by atoms with E-state index in [2.05, 4.69) is 4.90 Å². The Kier molecular flexibility index (Phi) is 5.70. The number of carbonyl (C=O) groups is 1. The molecule has 0 aliphatic carbocycles. The number of piperidine rings is 1. The highest BCUT2D eigenvalue weighted by atomic mass is 19.1. The van der Waals surface area contributed by atoms with Crippen molar-refractivity contribution in [3.05, 3.63) is 35.1 Å². The molecule has 1 aromatic carbocycles. The van der Waals surface area contributed by atoms with Crippen molar-refractivity contribution in [2.75, 3.05) is 19.7 Å². The molecule has 1 aliphatic rings. The smallest absolute Gasteiger partial charge is 0.309 e. The van der Waals surface area contributed by atoms with Crippen LogP contribution >= 0.6 is 0 Å². The van der Waals surface area contributed by atoms with E-state index in [-0.39, 0.29) is 24.2 Å². The lowest BCUT2D eigenvalue weighted by atomic mass is 9.96. The molecule has 4 nitrogen and oxygen atoms in total. The summed E-state index contributed by atoms with van der Waals surface area (Å²) in [6.45, 7) is 4.60. The molecule has 2 rings (SSSR count). The largest absolute Gasteiger partial charge is 0.466 e. The Morgan fingerprint density at radius 1 is 1.38 bits per heavy atom. The number of esters is 1. The first-order chi connectivity index (χ1) is 10.2. The van der Waals surface area contributed by atoms with Crippen molar-refractivity contribution in [1.82, 2.24) is 4.90 Å². The SMILES string of the molecule is CCOC(=O)C1CCN(Cc2cccc(CN)c2F)CC1. The van der Waals surface area contributed by atoms with Gasteiger partial charge in [-0.2, -0.15) is 0 Å². The molecule has 1 saturated heterocycles. The summed E-state index contributed by atoms with van der Waals surface area (Å²) in [4.78, 5) is 13.9. The Morgan fingerprint density at radius 3 is 2.67 bits per heavy atom. The second kappa shape index (κ2) is 7.52. The summed E-state index contributed by atoms with van der Waals surface area (Å²) in [5.41, 5.74) is 6.75. The molecule has 0 atom stereocenters. The molecule has 5 heteroatoms. The summed E-state index contributed by atoms with van der Waals surface area (Å²) >= 11 is 0. The Labute approximate surface area is 125 Å². The van der Waals surface area contributed by atoms with Crippen LogP contribution in [0.5, 0.6) is 0 Å². The molecule has 2 N–H and O–H groups in total. The zero-order valence-electron chi connectivity index (χ0n) is 12.5. The molecule has 1 aliphatic heterocycles. The van der Waals surface area contributed by atoms with Gasteiger partial charge in [-0.05, 0) is 32.9 Å². The number of halogens is 1. The summed E-state index contributed by atoms with van der Waals surface area (Å²) < 4.78 is 19.2. The van der Waals surface area contributed by atoms with E-state index in [0.717, 1.165) is 25.9 Å². The molecule has 0 saturated carbocycles. The van der Waals surface area contributed by atoms with Gasteiger partial charge < -0.3 is 10.5 Å². The van der Waals surface area contributed by atoms with Crippen molar-refractivity contribution in [2.24, 2.45) is 11.7 Å². The van der Waals surface area contributed by atoms with Crippen molar-refractivity contribution < 1.29 is 13.9 Å². The number of carbonyl (C=O) groups excluding carboxylic acids is 1.